The van der Waals surface area contributed by atoms with Gasteiger partial charge in [-0.1, -0.05) is 11.3 Å². The van der Waals surface area contributed by atoms with Gasteiger partial charge in [-0.25, -0.2) is 4.98 Å². The first-order chi connectivity index (χ1) is 12.7. The third-order valence-electron chi connectivity index (χ3n) is 3.60. The molecular weight excluding hydrogens is 419 g/mol. The summed E-state index contributed by atoms with van der Waals surface area (Å²) >= 11 is 1.15. The predicted octanol–water partition coefficient (Wildman–Crippen LogP) is 3.29. The van der Waals surface area contributed by atoms with Crippen molar-refractivity contribution in [1.82, 2.24) is 20.1 Å². The molecule has 0 radical (unpaired) electrons. The van der Waals surface area contributed by atoms with Crippen LogP contribution in [0.15, 0.2) is 30.6 Å². The molecule has 0 spiro atoms. The molecule has 0 saturated carbocycles. The van der Waals surface area contributed by atoms with Gasteiger partial charge in [-0.05, 0) is 25.2 Å². The summed E-state index contributed by atoms with van der Waals surface area (Å²) in [5.74, 6) is -0.233. The standard InChI is InChI=1S/C16H16F3N5O2S.ClH/c1-20-13(9-6-21-24(2)7-9)14(25)23-15-22-11-4-3-10(5-12(11)27-15)26-8-16(17,18)19;/h3-7,13,20H,8H2,1-2H3,(H,22,23,25);1H. The van der Waals surface area contributed by atoms with Crippen LogP contribution in [0, 0.1) is 0 Å². The molecule has 1 unspecified atom stereocenters. The Labute approximate surface area is 168 Å². The monoisotopic (exact) mass is 435 g/mol. The van der Waals surface area contributed by atoms with Gasteiger partial charge in [-0.2, -0.15) is 18.3 Å². The van der Waals surface area contributed by atoms with E-state index in [4.69, 9.17) is 4.74 Å². The second-order valence-corrected chi connectivity index (χ2v) is 6.74. The van der Waals surface area contributed by atoms with Crippen LogP contribution >= 0.6 is 23.7 Å². The first-order valence-corrected chi connectivity index (χ1v) is 8.63. The molecular formula is C16H17ClF3N5O2S. The molecule has 0 aliphatic rings. The lowest BCUT2D eigenvalue weighted by Gasteiger charge is -2.12. The molecule has 1 aromatic carbocycles. The predicted molar refractivity (Wildman–Crippen MR) is 102 cm³/mol. The van der Waals surface area contributed by atoms with Gasteiger partial charge in [0.1, 0.15) is 11.8 Å². The van der Waals surface area contributed by atoms with Crippen LogP contribution in [0.2, 0.25) is 0 Å². The van der Waals surface area contributed by atoms with Crippen LogP contribution in [-0.4, -0.2) is 40.5 Å². The maximum atomic E-state index is 12.5. The minimum atomic E-state index is -4.41. The molecule has 3 rings (SSSR count). The number of amides is 1. The normalized spacial score (nSPS) is 12.5. The molecule has 0 saturated heterocycles. The zero-order valence-electron chi connectivity index (χ0n) is 14.8. The molecule has 152 valence electrons. The Morgan fingerprint density at radius 3 is 2.75 bits per heavy atom. The summed E-state index contributed by atoms with van der Waals surface area (Å²) in [5, 5.41) is 10.0. The molecule has 12 heteroatoms. The number of nitrogens with zero attached hydrogens (tertiary/aromatic N) is 3. The first kappa shape index (κ1) is 21.9. The van der Waals surface area contributed by atoms with Crippen molar-refractivity contribution >= 4 is 45.0 Å². The van der Waals surface area contributed by atoms with Crippen molar-refractivity contribution in [2.24, 2.45) is 7.05 Å². The van der Waals surface area contributed by atoms with E-state index in [0.29, 0.717) is 20.9 Å². The molecule has 28 heavy (non-hydrogen) atoms. The van der Waals surface area contributed by atoms with Crippen LogP contribution in [0.1, 0.15) is 11.6 Å². The molecule has 7 nitrogen and oxygen atoms in total. The van der Waals surface area contributed by atoms with Crippen molar-refractivity contribution < 1.29 is 22.7 Å². The zero-order chi connectivity index (χ0) is 19.6. The fourth-order valence-electron chi connectivity index (χ4n) is 2.43. The number of ether oxygens (including phenoxy) is 1. The SMILES string of the molecule is CNC(C(=O)Nc1nc2ccc(OCC(F)(F)F)cc2s1)c1cnn(C)c1.Cl. The molecule has 0 aliphatic heterocycles. The van der Waals surface area contributed by atoms with E-state index in [0.717, 1.165) is 11.3 Å². The fourth-order valence-corrected chi connectivity index (χ4v) is 3.33. The number of carbonyl (C=O) groups is 1. The van der Waals surface area contributed by atoms with Gasteiger partial charge in [0, 0.05) is 18.8 Å². The molecule has 2 aromatic heterocycles. The average Bonchev–Trinajstić information content (AvgIpc) is 3.18. The van der Waals surface area contributed by atoms with Crippen molar-refractivity contribution in [1.29, 1.82) is 0 Å². The maximum Gasteiger partial charge on any atom is 0.422 e. The van der Waals surface area contributed by atoms with Crippen molar-refractivity contribution in [3.8, 4) is 5.75 Å². The van der Waals surface area contributed by atoms with E-state index < -0.39 is 18.8 Å². The van der Waals surface area contributed by atoms with Crippen LogP contribution < -0.4 is 15.4 Å². The Morgan fingerprint density at radius 1 is 1.39 bits per heavy atom. The number of hydrogen-bond acceptors (Lipinski definition) is 6. The molecule has 1 amide bonds. The van der Waals surface area contributed by atoms with E-state index >= 15 is 0 Å². The number of anilines is 1. The zero-order valence-corrected chi connectivity index (χ0v) is 16.4. The van der Waals surface area contributed by atoms with E-state index in [1.807, 2.05) is 0 Å². The number of benzene rings is 1. The van der Waals surface area contributed by atoms with Gasteiger partial charge in [0.2, 0.25) is 5.91 Å². The minimum Gasteiger partial charge on any atom is -0.484 e. The maximum absolute atomic E-state index is 12.5. The highest BCUT2D eigenvalue weighted by atomic mass is 35.5. The Morgan fingerprint density at radius 2 is 2.14 bits per heavy atom. The van der Waals surface area contributed by atoms with Gasteiger partial charge >= 0.3 is 6.18 Å². The number of aryl methyl sites for hydroxylation is 1. The van der Waals surface area contributed by atoms with E-state index in [1.165, 1.54) is 12.1 Å². The lowest BCUT2D eigenvalue weighted by atomic mass is 10.1. The van der Waals surface area contributed by atoms with E-state index in [1.54, 1.807) is 37.2 Å². The molecule has 2 N–H and O–H groups in total. The summed E-state index contributed by atoms with van der Waals surface area (Å²) in [5.41, 5.74) is 1.25. The molecule has 2 heterocycles. The lowest BCUT2D eigenvalue weighted by Crippen LogP contribution is -2.30. The highest BCUT2D eigenvalue weighted by Crippen LogP contribution is 2.30. The average molecular weight is 436 g/mol. The Bertz CT molecular complexity index is 959. The number of nitrogens with one attached hydrogen (secondary N) is 2. The lowest BCUT2D eigenvalue weighted by molar-refractivity contribution is -0.153. The van der Waals surface area contributed by atoms with Gasteiger partial charge in [0.05, 0.1) is 16.4 Å². The largest absolute Gasteiger partial charge is 0.484 e. The summed E-state index contributed by atoms with van der Waals surface area (Å²) in [6.07, 6.45) is -1.09. The van der Waals surface area contributed by atoms with Crippen molar-refractivity contribution in [2.75, 3.05) is 19.0 Å². The first-order valence-electron chi connectivity index (χ1n) is 7.82. The van der Waals surface area contributed by atoms with Gasteiger partial charge in [0.15, 0.2) is 11.7 Å². The quantitative estimate of drug-likeness (QED) is 0.621. The van der Waals surface area contributed by atoms with Gasteiger partial charge in [-0.3, -0.25) is 9.48 Å². The van der Waals surface area contributed by atoms with Crippen molar-refractivity contribution in [2.45, 2.75) is 12.2 Å². The molecule has 0 fully saturated rings. The van der Waals surface area contributed by atoms with Crippen LogP contribution in [0.25, 0.3) is 10.2 Å². The highest BCUT2D eigenvalue weighted by Gasteiger charge is 2.28. The number of fused-ring (bicyclic) bond motifs is 1. The smallest absolute Gasteiger partial charge is 0.422 e. The third kappa shape index (κ3) is 5.33. The number of alkyl halides is 3. The summed E-state index contributed by atoms with van der Waals surface area (Å²) in [4.78, 5) is 16.8. The number of likely N-dealkylation sites (N-methyl/N-ethyl adjacent to an activating group) is 1. The Kier molecular flexibility index (Phi) is 6.86. The summed E-state index contributed by atoms with van der Waals surface area (Å²) in [7, 11) is 3.40. The molecule has 0 bridgehead atoms. The number of hydrogen-bond donors (Lipinski definition) is 2. The molecule has 3 aromatic rings. The third-order valence-corrected chi connectivity index (χ3v) is 4.54. The van der Waals surface area contributed by atoms with Crippen LogP contribution in [-0.2, 0) is 11.8 Å². The topological polar surface area (TPSA) is 81.1 Å². The number of rotatable bonds is 6. The highest BCUT2D eigenvalue weighted by molar-refractivity contribution is 7.22. The van der Waals surface area contributed by atoms with Crippen LogP contribution in [0.5, 0.6) is 5.75 Å². The number of carbonyl (C=O) groups excluding carboxylic acids is 1. The Hall–Kier alpha value is -2.37. The number of thiazole rings is 1. The van der Waals surface area contributed by atoms with Crippen molar-refractivity contribution in [3.63, 3.8) is 0 Å². The molecule has 0 aliphatic carbocycles. The summed E-state index contributed by atoms with van der Waals surface area (Å²) in [6, 6.07) is 3.80. The van der Waals surface area contributed by atoms with E-state index in [-0.39, 0.29) is 24.1 Å². The van der Waals surface area contributed by atoms with Crippen molar-refractivity contribution in [3.05, 3.63) is 36.2 Å². The number of aromatic nitrogens is 3. The summed E-state index contributed by atoms with van der Waals surface area (Å²) in [6.45, 7) is -1.37. The second-order valence-electron chi connectivity index (χ2n) is 5.71. The minimum absolute atomic E-state index is 0. The van der Waals surface area contributed by atoms with E-state index in [9.17, 15) is 18.0 Å². The van der Waals surface area contributed by atoms with E-state index in [2.05, 4.69) is 20.7 Å². The number of halogens is 4. The fraction of sp³-hybridized carbons (Fsp3) is 0.312. The van der Waals surface area contributed by atoms with Crippen LogP contribution in [0.3, 0.4) is 0 Å². The van der Waals surface area contributed by atoms with Gasteiger partial charge in [-0.15, -0.1) is 12.4 Å². The van der Waals surface area contributed by atoms with Gasteiger partial charge in [0.25, 0.3) is 0 Å². The van der Waals surface area contributed by atoms with Crippen LogP contribution in [0.4, 0.5) is 18.3 Å². The molecule has 1 atom stereocenters. The second kappa shape index (κ2) is 8.76. The summed E-state index contributed by atoms with van der Waals surface area (Å²) < 4.78 is 43.7. The Balaban J connectivity index is 0.00000280. The van der Waals surface area contributed by atoms with Gasteiger partial charge < -0.3 is 15.4 Å².